The third-order valence-electron chi connectivity index (χ3n) is 3.30. The predicted octanol–water partition coefficient (Wildman–Crippen LogP) is 1.59. The summed E-state index contributed by atoms with van der Waals surface area (Å²) in [7, 11) is -2.82. The smallest absolute Gasteiger partial charge is 0.147 e. The van der Waals surface area contributed by atoms with Gasteiger partial charge in [-0.2, -0.15) is 0 Å². The van der Waals surface area contributed by atoms with Crippen molar-refractivity contribution >= 4 is 9.84 Å². The SMILES string of the molecule is CCCNC(CCS(C)(=O)=O)C1(C)CC1. The molecule has 1 aliphatic carbocycles. The fourth-order valence-electron chi connectivity index (χ4n) is 1.89. The minimum absolute atomic E-state index is 0.309. The Balaban J connectivity index is 2.43. The van der Waals surface area contributed by atoms with E-state index in [0.717, 1.165) is 19.4 Å². The molecule has 1 fully saturated rings. The third kappa shape index (κ3) is 4.51. The Morgan fingerprint density at radius 3 is 2.40 bits per heavy atom. The first-order valence-corrected chi connectivity index (χ1v) is 7.84. The molecular weight excluding hydrogens is 210 g/mol. The summed E-state index contributed by atoms with van der Waals surface area (Å²) in [5, 5.41) is 3.48. The maximum Gasteiger partial charge on any atom is 0.147 e. The van der Waals surface area contributed by atoms with Gasteiger partial charge < -0.3 is 5.32 Å². The average Bonchev–Trinajstić information content (AvgIpc) is 2.83. The average molecular weight is 233 g/mol. The monoisotopic (exact) mass is 233 g/mol. The number of hydrogen-bond acceptors (Lipinski definition) is 3. The minimum atomic E-state index is -2.82. The van der Waals surface area contributed by atoms with Crippen LogP contribution in [-0.2, 0) is 9.84 Å². The molecule has 1 saturated carbocycles. The number of sulfone groups is 1. The van der Waals surface area contributed by atoms with Crippen molar-refractivity contribution in [3.05, 3.63) is 0 Å². The fourth-order valence-corrected chi connectivity index (χ4v) is 2.56. The zero-order chi connectivity index (χ0) is 11.5. The highest BCUT2D eigenvalue weighted by molar-refractivity contribution is 7.90. The molecule has 0 heterocycles. The van der Waals surface area contributed by atoms with Crippen LogP contribution in [0.3, 0.4) is 0 Å². The third-order valence-corrected chi connectivity index (χ3v) is 4.28. The first-order chi connectivity index (χ1) is 6.87. The normalized spacial score (nSPS) is 21.3. The zero-order valence-electron chi connectivity index (χ0n) is 10.0. The lowest BCUT2D eigenvalue weighted by Gasteiger charge is -2.24. The highest BCUT2D eigenvalue weighted by atomic mass is 32.2. The molecule has 90 valence electrons. The summed E-state index contributed by atoms with van der Waals surface area (Å²) in [5.41, 5.74) is 0.361. The zero-order valence-corrected chi connectivity index (χ0v) is 10.9. The lowest BCUT2D eigenvalue weighted by molar-refractivity contribution is 0.348. The van der Waals surface area contributed by atoms with Gasteiger partial charge in [-0.25, -0.2) is 8.42 Å². The summed E-state index contributed by atoms with van der Waals surface area (Å²) in [6.07, 6.45) is 5.65. The van der Waals surface area contributed by atoms with Crippen LogP contribution in [0.4, 0.5) is 0 Å². The second kappa shape index (κ2) is 4.83. The van der Waals surface area contributed by atoms with Gasteiger partial charge in [-0.3, -0.25) is 0 Å². The van der Waals surface area contributed by atoms with E-state index in [1.165, 1.54) is 19.1 Å². The summed E-state index contributed by atoms with van der Waals surface area (Å²) in [5.74, 6) is 0.309. The molecule has 1 atom stereocenters. The van der Waals surface area contributed by atoms with Gasteiger partial charge in [0.25, 0.3) is 0 Å². The van der Waals surface area contributed by atoms with Gasteiger partial charge in [0.15, 0.2) is 0 Å². The minimum Gasteiger partial charge on any atom is -0.313 e. The van der Waals surface area contributed by atoms with Crippen molar-refractivity contribution in [2.75, 3.05) is 18.6 Å². The predicted molar refractivity (Wildman–Crippen MR) is 63.8 cm³/mol. The Kier molecular flexibility index (Phi) is 4.18. The standard InChI is InChI=1S/C11H23NO2S/c1-4-8-12-10(11(2)6-7-11)5-9-15(3,13)14/h10,12H,4-9H2,1-3H3. The van der Waals surface area contributed by atoms with Gasteiger partial charge in [0.05, 0.1) is 5.75 Å². The molecule has 0 radical (unpaired) electrons. The van der Waals surface area contributed by atoms with Crippen LogP contribution in [0.25, 0.3) is 0 Å². The maximum atomic E-state index is 11.1. The van der Waals surface area contributed by atoms with E-state index in [9.17, 15) is 8.42 Å². The van der Waals surface area contributed by atoms with Crippen LogP contribution in [0.1, 0.15) is 39.5 Å². The Morgan fingerprint density at radius 2 is 2.00 bits per heavy atom. The lowest BCUT2D eigenvalue weighted by atomic mass is 9.96. The largest absolute Gasteiger partial charge is 0.313 e. The Hall–Kier alpha value is -0.0900. The first kappa shape index (κ1) is 13.0. The van der Waals surface area contributed by atoms with Crippen molar-refractivity contribution in [2.45, 2.75) is 45.6 Å². The maximum absolute atomic E-state index is 11.1. The Labute approximate surface area is 93.6 Å². The molecule has 0 saturated heterocycles. The van der Waals surface area contributed by atoms with Gasteiger partial charge >= 0.3 is 0 Å². The van der Waals surface area contributed by atoms with Gasteiger partial charge in [-0.15, -0.1) is 0 Å². The van der Waals surface area contributed by atoms with Crippen molar-refractivity contribution in [1.82, 2.24) is 5.32 Å². The van der Waals surface area contributed by atoms with Gasteiger partial charge in [0.1, 0.15) is 9.84 Å². The summed E-state index contributed by atoms with van der Waals surface area (Å²) in [4.78, 5) is 0. The summed E-state index contributed by atoms with van der Waals surface area (Å²) >= 11 is 0. The molecule has 0 aromatic heterocycles. The second-order valence-corrected chi connectivity index (χ2v) is 7.34. The molecule has 0 aromatic carbocycles. The Bertz CT molecular complexity index is 294. The van der Waals surface area contributed by atoms with Gasteiger partial charge in [-0.1, -0.05) is 13.8 Å². The number of nitrogens with one attached hydrogen (secondary N) is 1. The molecule has 4 heteroatoms. The number of rotatable bonds is 7. The van der Waals surface area contributed by atoms with Crippen LogP contribution >= 0.6 is 0 Å². The molecular formula is C11H23NO2S. The van der Waals surface area contributed by atoms with Crippen LogP contribution in [0, 0.1) is 5.41 Å². The van der Waals surface area contributed by atoms with E-state index in [1.807, 2.05) is 0 Å². The van der Waals surface area contributed by atoms with Gasteiger partial charge in [0, 0.05) is 12.3 Å². The van der Waals surface area contributed by atoms with E-state index < -0.39 is 9.84 Å². The molecule has 0 bridgehead atoms. The summed E-state index contributed by atoms with van der Waals surface area (Å²) < 4.78 is 22.3. The van der Waals surface area contributed by atoms with Crippen LogP contribution in [0.15, 0.2) is 0 Å². The van der Waals surface area contributed by atoms with Gasteiger partial charge in [-0.05, 0) is 37.6 Å². The van der Waals surface area contributed by atoms with Crippen LogP contribution in [0.2, 0.25) is 0 Å². The summed E-state index contributed by atoms with van der Waals surface area (Å²) in [6.45, 7) is 5.38. The highest BCUT2D eigenvalue weighted by Crippen LogP contribution is 2.49. The van der Waals surface area contributed by atoms with Gasteiger partial charge in [0.2, 0.25) is 0 Å². The fraction of sp³-hybridized carbons (Fsp3) is 1.00. The van der Waals surface area contributed by atoms with E-state index in [1.54, 1.807) is 0 Å². The summed E-state index contributed by atoms with van der Waals surface area (Å²) in [6, 6.07) is 0.382. The van der Waals surface area contributed by atoms with Crippen molar-refractivity contribution in [3.8, 4) is 0 Å². The molecule has 15 heavy (non-hydrogen) atoms. The topological polar surface area (TPSA) is 46.2 Å². The van der Waals surface area contributed by atoms with Crippen LogP contribution in [-0.4, -0.2) is 33.0 Å². The lowest BCUT2D eigenvalue weighted by Crippen LogP contribution is -2.38. The van der Waals surface area contributed by atoms with E-state index in [4.69, 9.17) is 0 Å². The van der Waals surface area contributed by atoms with E-state index >= 15 is 0 Å². The molecule has 0 amide bonds. The second-order valence-electron chi connectivity index (χ2n) is 5.08. The molecule has 0 aromatic rings. The van der Waals surface area contributed by atoms with Crippen molar-refractivity contribution in [2.24, 2.45) is 5.41 Å². The van der Waals surface area contributed by atoms with Crippen LogP contribution < -0.4 is 5.32 Å². The molecule has 1 rings (SSSR count). The molecule has 0 aliphatic heterocycles. The molecule has 1 aliphatic rings. The van der Waals surface area contributed by atoms with Crippen molar-refractivity contribution in [3.63, 3.8) is 0 Å². The molecule has 3 nitrogen and oxygen atoms in total. The molecule has 1 unspecified atom stereocenters. The molecule has 1 N–H and O–H groups in total. The quantitative estimate of drug-likeness (QED) is 0.726. The van der Waals surface area contributed by atoms with E-state index in [2.05, 4.69) is 19.2 Å². The molecule has 0 spiro atoms. The van der Waals surface area contributed by atoms with E-state index in [-0.39, 0.29) is 0 Å². The van der Waals surface area contributed by atoms with Crippen molar-refractivity contribution < 1.29 is 8.42 Å². The highest BCUT2D eigenvalue weighted by Gasteiger charge is 2.44. The van der Waals surface area contributed by atoms with E-state index in [0.29, 0.717) is 17.2 Å². The first-order valence-electron chi connectivity index (χ1n) is 5.78. The van der Waals surface area contributed by atoms with Crippen LogP contribution in [0.5, 0.6) is 0 Å². The van der Waals surface area contributed by atoms with Crippen molar-refractivity contribution in [1.29, 1.82) is 0 Å². The Morgan fingerprint density at radius 1 is 1.40 bits per heavy atom. The number of hydrogen-bond donors (Lipinski definition) is 1.